The Balaban J connectivity index is 2.40. The summed E-state index contributed by atoms with van der Waals surface area (Å²) in [5.74, 6) is -0.305. The van der Waals surface area contributed by atoms with Crippen molar-refractivity contribution in [1.82, 2.24) is 15.5 Å². The van der Waals surface area contributed by atoms with Crippen LogP contribution in [-0.2, 0) is 14.3 Å². The minimum Gasteiger partial charge on any atom is -0.444 e. The molecule has 2 rings (SSSR count). The first-order chi connectivity index (χ1) is 14.8. The van der Waals surface area contributed by atoms with Gasteiger partial charge in [0.2, 0.25) is 11.8 Å². The second kappa shape index (κ2) is 10.2. The van der Waals surface area contributed by atoms with Crippen LogP contribution in [0.4, 0.5) is 4.79 Å². The van der Waals surface area contributed by atoms with Gasteiger partial charge in [-0.25, -0.2) is 4.79 Å². The van der Waals surface area contributed by atoms with Crippen LogP contribution in [0.2, 0.25) is 0 Å². The van der Waals surface area contributed by atoms with E-state index >= 15 is 0 Å². The van der Waals surface area contributed by atoms with E-state index in [0.717, 1.165) is 12.0 Å². The smallest absolute Gasteiger partial charge is 0.408 e. The quantitative estimate of drug-likeness (QED) is 0.635. The molecule has 7 heteroatoms. The van der Waals surface area contributed by atoms with Crippen molar-refractivity contribution >= 4 is 24.0 Å². The Bertz CT molecular complexity index is 859. The molecule has 0 bridgehead atoms. The number of carbonyl (C=O) groups excluding carboxylic acids is 3. The molecule has 1 fully saturated rings. The van der Waals surface area contributed by atoms with E-state index in [4.69, 9.17) is 4.74 Å². The van der Waals surface area contributed by atoms with Crippen LogP contribution in [0, 0.1) is 5.92 Å². The van der Waals surface area contributed by atoms with Gasteiger partial charge in [-0.3, -0.25) is 9.59 Å². The molecule has 1 aromatic rings. The summed E-state index contributed by atoms with van der Waals surface area (Å²) in [6.45, 7) is 16.5. The molecule has 3 amide bonds. The summed E-state index contributed by atoms with van der Waals surface area (Å²) < 4.78 is 5.30. The second-order valence-electron chi connectivity index (χ2n) is 9.83. The van der Waals surface area contributed by atoms with Crippen LogP contribution in [0.15, 0.2) is 30.8 Å². The highest BCUT2D eigenvalue weighted by Gasteiger charge is 2.47. The molecule has 0 heterocycles. The lowest BCUT2D eigenvalue weighted by Crippen LogP contribution is -2.53. The molecule has 0 saturated heterocycles. The monoisotopic (exact) mass is 443 g/mol. The van der Waals surface area contributed by atoms with E-state index in [1.54, 1.807) is 38.7 Å². The van der Waals surface area contributed by atoms with Gasteiger partial charge in [-0.15, -0.1) is 0 Å². The fraction of sp³-hybridized carbons (Fsp3) is 0.560. The van der Waals surface area contributed by atoms with Crippen LogP contribution in [0.3, 0.4) is 0 Å². The summed E-state index contributed by atoms with van der Waals surface area (Å²) in [6.07, 6.45) is 1.84. The van der Waals surface area contributed by atoms with Crippen LogP contribution in [-0.4, -0.2) is 46.5 Å². The molecule has 7 nitrogen and oxygen atoms in total. The maximum atomic E-state index is 13.6. The molecule has 1 aromatic carbocycles. The van der Waals surface area contributed by atoms with Gasteiger partial charge < -0.3 is 20.3 Å². The number of carbonyl (C=O) groups is 3. The number of ether oxygens (including phenoxy) is 1. The van der Waals surface area contributed by atoms with Crippen molar-refractivity contribution in [2.24, 2.45) is 5.92 Å². The van der Waals surface area contributed by atoms with Crippen molar-refractivity contribution in [3.05, 3.63) is 42.0 Å². The van der Waals surface area contributed by atoms with Crippen LogP contribution in [0.5, 0.6) is 0 Å². The minimum absolute atomic E-state index is 0.0827. The van der Waals surface area contributed by atoms with Crippen molar-refractivity contribution in [2.45, 2.75) is 84.7 Å². The fourth-order valence-electron chi connectivity index (χ4n) is 3.60. The zero-order chi connectivity index (χ0) is 24.2. The van der Waals surface area contributed by atoms with E-state index < -0.39 is 23.8 Å². The van der Waals surface area contributed by atoms with Crippen molar-refractivity contribution in [3.63, 3.8) is 0 Å². The van der Waals surface area contributed by atoms with E-state index in [0.29, 0.717) is 5.56 Å². The van der Waals surface area contributed by atoms with Gasteiger partial charge in [0.25, 0.3) is 0 Å². The fourth-order valence-corrected chi connectivity index (χ4v) is 3.60. The Kier molecular flexibility index (Phi) is 8.10. The average Bonchev–Trinajstić information content (AvgIpc) is 3.39. The lowest BCUT2D eigenvalue weighted by molar-refractivity contribution is -0.143. The first kappa shape index (κ1) is 25.4. The molecular formula is C25H37N3O4. The molecule has 1 aliphatic carbocycles. The molecule has 2 N–H and O–H groups in total. The molecule has 1 saturated carbocycles. The zero-order valence-corrected chi connectivity index (χ0v) is 20.3. The summed E-state index contributed by atoms with van der Waals surface area (Å²) in [6, 6.07) is 5.63. The van der Waals surface area contributed by atoms with Crippen molar-refractivity contribution < 1.29 is 19.1 Å². The summed E-state index contributed by atoms with van der Waals surface area (Å²) in [7, 11) is 0. The average molecular weight is 444 g/mol. The Hall–Kier alpha value is -2.83. The van der Waals surface area contributed by atoms with Crippen LogP contribution >= 0.6 is 0 Å². The van der Waals surface area contributed by atoms with Crippen molar-refractivity contribution in [3.8, 4) is 0 Å². The standard InChI is InChI=1S/C25H37N3O4/c1-9-18-11-10-12-19(14-18)21(22(29)26-15(2)3)28(20-13-16(20)4)23(30)17(5)27-24(31)32-25(6,7)8/h9-12,14-17,20-21H,1,13H2,2-8H3,(H,26,29)(H,27,31). The predicted octanol–water partition coefficient (Wildman–Crippen LogP) is 4.05. The molecule has 0 spiro atoms. The van der Waals surface area contributed by atoms with Gasteiger partial charge >= 0.3 is 6.09 Å². The van der Waals surface area contributed by atoms with Gasteiger partial charge in [-0.1, -0.05) is 37.8 Å². The maximum Gasteiger partial charge on any atom is 0.408 e. The summed E-state index contributed by atoms with van der Waals surface area (Å²) in [5.41, 5.74) is 0.890. The first-order valence-electron chi connectivity index (χ1n) is 11.2. The highest BCUT2D eigenvalue weighted by Crippen LogP contribution is 2.40. The lowest BCUT2D eigenvalue weighted by atomic mass is 10.00. The molecule has 0 aromatic heterocycles. The molecule has 4 unspecified atom stereocenters. The number of nitrogens with zero attached hydrogens (tertiary/aromatic N) is 1. The number of alkyl carbamates (subject to hydrolysis) is 1. The summed E-state index contributed by atoms with van der Waals surface area (Å²) in [4.78, 5) is 40.8. The van der Waals surface area contributed by atoms with E-state index in [-0.39, 0.29) is 29.8 Å². The maximum absolute atomic E-state index is 13.6. The third kappa shape index (κ3) is 6.84. The van der Waals surface area contributed by atoms with Gasteiger partial charge in [-0.05, 0) is 71.1 Å². The number of benzene rings is 1. The minimum atomic E-state index is -0.852. The SMILES string of the molecule is C=Cc1cccc(C(C(=O)NC(C)C)N(C(=O)C(C)NC(=O)OC(C)(C)C)C2CC2C)c1. The second-order valence-corrected chi connectivity index (χ2v) is 9.83. The number of hydrogen-bond acceptors (Lipinski definition) is 4. The molecule has 32 heavy (non-hydrogen) atoms. The number of nitrogens with one attached hydrogen (secondary N) is 2. The molecule has 176 valence electrons. The van der Waals surface area contributed by atoms with Gasteiger partial charge in [0.15, 0.2) is 0 Å². The third-order valence-electron chi connectivity index (χ3n) is 5.20. The third-order valence-corrected chi connectivity index (χ3v) is 5.20. The number of amides is 3. The highest BCUT2D eigenvalue weighted by molar-refractivity contribution is 5.92. The Morgan fingerprint density at radius 2 is 1.81 bits per heavy atom. The van der Waals surface area contributed by atoms with Crippen molar-refractivity contribution in [2.75, 3.05) is 0 Å². The van der Waals surface area contributed by atoms with Crippen LogP contribution in [0.25, 0.3) is 6.08 Å². The Morgan fingerprint density at radius 1 is 1.19 bits per heavy atom. The van der Waals surface area contributed by atoms with Gasteiger partial charge in [0.1, 0.15) is 17.7 Å². The molecule has 4 atom stereocenters. The van der Waals surface area contributed by atoms with E-state index in [9.17, 15) is 14.4 Å². The normalized spacial score (nSPS) is 19.5. The van der Waals surface area contributed by atoms with Gasteiger partial charge in [0.05, 0.1) is 0 Å². The summed E-state index contributed by atoms with van der Waals surface area (Å²) >= 11 is 0. The Labute approximate surface area is 191 Å². The Morgan fingerprint density at radius 3 is 2.31 bits per heavy atom. The van der Waals surface area contributed by atoms with E-state index in [1.165, 1.54) is 0 Å². The number of rotatable bonds is 8. The summed E-state index contributed by atoms with van der Waals surface area (Å²) in [5, 5.41) is 5.57. The topological polar surface area (TPSA) is 87.7 Å². The number of hydrogen-bond donors (Lipinski definition) is 2. The van der Waals surface area contributed by atoms with E-state index in [1.807, 2.05) is 38.1 Å². The highest BCUT2D eigenvalue weighted by atomic mass is 16.6. The van der Waals surface area contributed by atoms with Gasteiger partial charge in [-0.2, -0.15) is 0 Å². The molecular weight excluding hydrogens is 406 g/mol. The lowest BCUT2D eigenvalue weighted by Gasteiger charge is -2.34. The van der Waals surface area contributed by atoms with Gasteiger partial charge in [0, 0.05) is 12.1 Å². The van der Waals surface area contributed by atoms with E-state index in [2.05, 4.69) is 24.1 Å². The molecule has 0 aliphatic heterocycles. The predicted molar refractivity (Wildman–Crippen MR) is 126 cm³/mol. The van der Waals surface area contributed by atoms with Crippen molar-refractivity contribution in [1.29, 1.82) is 0 Å². The zero-order valence-electron chi connectivity index (χ0n) is 20.3. The molecule has 1 aliphatic rings. The van der Waals surface area contributed by atoms with Crippen LogP contribution < -0.4 is 10.6 Å². The first-order valence-corrected chi connectivity index (χ1v) is 11.2. The largest absolute Gasteiger partial charge is 0.444 e. The van der Waals surface area contributed by atoms with Crippen LogP contribution in [0.1, 0.15) is 72.1 Å². The molecule has 0 radical (unpaired) electrons.